The van der Waals surface area contributed by atoms with Gasteiger partial charge in [0.2, 0.25) is 11.9 Å². The van der Waals surface area contributed by atoms with Crippen LogP contribution >= 0.6 is 34.8 Å². The van der Waals surface area contributed by atoms with E-state index in [2.05, 4.69) is 15.3 Å². The number of carbonyl (C=O) groups excluding carboxylic acids is 2. The molecule has 158 valence electrons. The van der Waals surface area contributed by atoms with Crippen LogP contribution in [-0.2, 0) is 24.2 Å². The summed E-state index contributed by atoms with van der Waals surface area (Å²) in [6, 6.07) is 11.9. The van der Waals surface area contributed by atoms with Gasteiger partial charge in [-0.05, 0) is 35.9 Å². The molecule has 4 rings (SSSR count). The Labute approximate surface area is 194 Å². The van der Waals surface area contributed by atoms with E-state index in [0.29, 0.717) is 46.6 Å². The number of fused-ring (bicyclic) bond motifs is 1. The molecule has 3 aromatic rings. The van der Waals surface area contributed by atoms with Crippen molar-refractivity contribution in [3.05, 3.63) is 86.1 Å². The van der Waals surface area contributed by atoms with Gasteiger partial charge in [-0.3, -0.25) is 14.9 Å². The number of anilines is 1. The standard InChI is InChI=1S/C22H17Cl3N4O2/c23-16-4-1-13(2-5-16)9-20(30)29-8-7-19-15(12-29)11-26-22(27-19)28-21(31)14-3-6-17(24)18(25)10-14/h1-6,10-11H,7-9,12H2,(H,26,27,28,31). The Morgan fingerprint density at radius 1 is 1.03 bits per heavy atom. The second-order valence-electron chi connectivity index (χ2n) is 7.12. The molecule has 0 radical (unpaired) electrons. The van der Waals surface area contributed by atoms with E-state index in [1.54, 1.807) is 35.4 Å². The number of amides is 2. The van der Waals surface area contributed by atoms with Crippen molar-refractivity contribution in [3.8, 4) is 0 Å². The fourth-order valence-electron chi connectivity index (χ4n) is 3.29. The molecule has 0 atom stereocenters. The molecule has 0 spiro atoms. The summed E-state index contributed by atoms with van der Waals surface area (Å²) in [6.07, 6.45) is 2.54. The van der Waals surface area contributed by atoms with Gasteiger partial charge in [0.15, 0.2) is 0 Å². The summed E-state index contributed by atoms with van der Waals surface area (Å²) >= 11 is 17.8. The summed E-state index contributed by atoms with van der Waals surface area (Å²) in [4.78, 5) is 35.6. The minimum Gasteiger partial charge on any atom is -0.338 e. The Hall–Kier alpha value is -2.67. The van der Waals surface area contributed by atoms with Crippen LogP contribution in [0.3, 0.4) is 0 Å². The quantitative estimate of drug-likeness (QED) is 0.587. The van der Waals surface area contributed by atoms with E-state index in [9.17, 15) is 9.59 Å². The molecule has 0 saturated heterocycles. The van der Waals surface area contributed by atoms with Crippen molar-refractivity contribution >= 4 is 52.6 Å². The van der Waals surface area contributed by atoms with E-state index < -0.39 is 0 Å². The van der Waals surface area contributed by atoms with Crippen LogP contribution in [0.1, 0.15) is 27.2 Å². The monoisotopic (exact) mass is 474 g/mol. The van der Waals surface area contributed by atoms with E-state index in [1.807, 2.05) is 12.1 Å². The Balaban J connectivity index is 1.41. The van der Waals surface area contributed by atoms with Crippen molar-refractivity contribution in [1.29, 1.82) is 0 Å². The van der Waals surface area contributed by atoms with Crippen LogP contribution in [0.2, 0.25) is 15.1 Å². The number of benzene rings is 2. The minimum absolute atomic E-state index is 0.0324. The van der Waals surface area contributed by atoms with Gasteiger partial charge in [0.05, 0.1) is 22.2 Å². The zero-order chi connectivity index (χ0) is 22.0. The van der Waals surface area contributed by atoms with Crippen molar-refractivity contribution in [3.63, 3.8) is 0 Å². The molecule has 2 heterocycles. The molecule has 31 heavy (non-hydrogen) atoms. The number of aromatic nitrogens is 2. The number of halogens is 3. The lowest BCUT2D eigenvalue weighted by Crippen LogP contribution is -2.37. The van der Waals surface area contributed by atoms with Crippen LogP contribution in [0.25, 0.3) is 0 Å². The zero-order valence-corrected chi connectivity index (χ0v) is 18.5. The van der Waals surface area contributed by atoms with E-state index in [-0.39, 0.29) is 17.8 Å². The van der Waals surface area contributed by atoms with Crippen LogP contribution < -0.4 is 5.32 Å². The molecule has 2 aromatic carbocycles. The molecule has 0 saturated carbocycles. The van der Waals surface area contributed by atoms with Crippen molar-refractivity contribution in [2.45, 2.75) is 19.4 Å². The maximum Gasteiger partial charge on any atom is 0.258 e. The first-order valence-corrected chi connectivity index (χ1v) is 10.7. The van der Waals surface area contributed by atoms with Crippen molar-refractivity contribution in [2.75, 3.05) is 11.9 Å². The summed E-state index contributed by atoms with van der Waals surface area (Å²) in [6.45, 7) is 0.986. The molecular weight excluding hydrogens is 459 g/mol. The second-order valence-corrected chi connectivity index (χ2v) is 8.37. The van der Waals surface area contributed by atoms with Crippen molar-refractivity contribution < 1.29 is 9.59 Å². The SMILES string of the molecule is O=C(Nc1ncc2c(n1)CCN(C(=O)Cc1ccc(Cl)cc1)C2)c1ccc(Cl)c(Cl)c1. The maximum atomic E-state index is 12.7. The van der Waals surface area contributed by atoms with Gasteiger partial charge in [-0.15, -0.1) is 0 Å². The van der Waals surface area contributed by atoms with Crippen LogP contribution in [0.15, 0.2) is 48.7 Å². The van der Waals surface area contributed by atoms with Gasteiger partial charge in [0, 0.05) is 41.9 Å². The van der Waals surface area contributed by atoms with E-state index >= 15 is 0 Å². The summed E-state index contributed by atoms with van der Waals surface area (Å²) in [5.74, 6) is -0.144. The molecule has 0 unspecified atom stereocenters. The summed E-state index contributed by atoms with van der Waals surface area (Å²) in [5, 5.41) is 3.98. The smallest absolute Gasteiger partial charge is 0.258 e. The molecule has 0 bridgehead atoms. The molecule has 2 amide bonds. The Morgan fingerprint density at radius 3 is 2.55 bits per heavy atom. The van der Waals surface area contributed by atoms with E-state index in [4.69, 9.17) is 34.8 Å². The minimum atomic E-state index is -0.380. The number of rotatable bonds is 4. The van der Waals surface area contributed by atoms with Gasteiger partial charge >= 0.3 is 0 Å². The number of hydrogen-bond donors (Lipinski definition) is 1. The Morgan fingerprint density at radius 2 is 1.81 bits per heavy atom. The lowest BCUT2D eigenvalue weighted by atomic mass is 10.1. The highest BCUT2D eigenvalue weighted by Gasteiger charge is 2.23. The third-order valence-electron chi connectivity index (χ3n) is 4.96. The third-order valence-corrected chi connectivity index (χ3v) is 5.95. The average molecular weight is 476 g/mol. The van der Waals surface area contributed by atoms with Gasteiger partial charge in [0.25, 0.3) is 5.91 Å². The Bertz CT molecular complexity index is 1150. The molecule has 1 aromatic heterocycles. The average Bonchev–Trinajstić information content (AvgIpc) is 2.76. The molecule has 9 heteroatoms. The number of nitrogens with one attached hydrogen (secondary N) is 1. The molecule has 6 nitrogen and oxygen atoms in total. The lowest BCUT2D eigenvalue weighted by molar-refractivity contribution is -0.131. The highest BCUT2D eigenvalue weighted by Crippen LogP contribution is 2.23. The predicted molar refractivity (Wildman–Crippen MR) is 121 cm³/mol. The lowest BCUT2D eigenvalue weighted by Gasteiger charge is -2.28. The van der Waals surface area contributed by atoms with E-state index in [1.165, 1.54) is 6.07 Å². The number of carbonyl (C=O) groups is 2. The molecule has 0 aliphatic carbocycles. The molecular formula is C22H17Cl3N4O2. The molecule has 0 fully saturated rings. The number of hydrogen-bond acceptors (Lipinski definition) is 4. The topological polar surface area (TPSA) is 75.2 Å². The summed E-state index contributed by atoms with van der Waals surface area (Å²) < 4.78 is 0. The van der Waals surface area contributed by atoms with Crippen molar-refractivity contribution in [1.82, 2.24) is 14.9 Å². The molecule has 1 aliphatic rings. The van der Waals surface area contributed by atoms with E-state index in [0.717, 1.165) is 16.8 Å². The Kier molecular flexibility index (Phi) is 6.41. The van der Waals surface area contributed by atoms with Crippen molar-refractivity contribution in [2.24, 2.45) is 0 Å². The first-order chi connectivity index (χ1) is 14.9. The highest BCUT2D eigenvalue weighted by molar-refractivity contribution is 6.42. The van der Waals surface area contributed by atoms with Crippen LogP contribution in [0, 0.1) is 0 Å². The third kappa shape index (κ3) is 5.15. The maximum absolute atomic E-state index is 12.7. The van der Waals surface area contributed by atoms with Gasteiger partial charge in [0.1, 0.15) is 0 Å². The summed E-state index contributed by atoms with van der Waals surface area (Å²) in [7, 11) is 0. The zero-order valence-electron chi connectivity index (χ0n) is 16.2. The summed E-state index contributed by atoms with van der Waals surface area (Å²) in [5.41, 5.74) is 2.95. The highest BCUT2D eigenvalue weighted by atomic mass is 35.5. The fraction of sp³-hybridized carbons (Fsp3) is 0.182. The first-order valence-electron chi connectivity index (χ1n) is 9.52. The van der Waals surface area contributed by atoms with Crippen LogP contribution in [0.5, 0.6) is 0 Å². The fourth-order valence-corrected chi connectivity index (χ4v) is 3.71. The molecule has 1 aliphatic heterocycles. The number of nitrogens with zero attached hydrogens (tertiary/aromatic N) is 3. The second kappa shape index (κ2) is 9.22. The first kappa shape index (κ1) is 21.6. The van der Waals surface area contributed by atoms with Crippen LogP contribution in [-0.4, -0.2) is 33.2 Å². The van der Waals surface area contributed by atoms with Gasteiger partial charge < -0.3 is 4.90 Å². The molecule has 1 N–H and O–H groups in total. The van der Waals surface area contributed by atoms with Gasteiger partial charge in [-0.1, -0.05) is 46.9 Å². The van der Waals surface area contributed by atoms with Crippen LogP contribution in [0.4, 0.5) is 5.95 Å². The normalized spacial score (nSPS) is 12.9. The predicted octanol–water partition coefficient (Wildman–Crippen LogP) is 4.82. The van der Waals surface area contributed by atoms with Gasteiger partial charge in [-0.2, -0.15) is 0 Å². The largest absolute Gasteiger partial charge is 0.338 e. The van der Waals surface area contributed by atoms with Gasteiger partial charge in [-0.25, -0.2) is 9.97 Å².